The van der Waals surface area contributed by atoms with Crippen molar-refractivity contribution in [2.75, 3.05) is 32.8 Å². The number of hydrogen-bond donors (Lipinski definition) is 14. The van der Waals surface area contributed by atoms with Gasteiger partial charge in [-0.2, -0.15) is 0 Å². The van der Waals surface area contributed by atoms with Gasteiger partial charge in [0.1, 0.15) is 36.3 Å². The minimum atomic E-state index is -1.63. The SMILES string of the molecule is CC[C@H](C)[C@H](N)C(=O)N[C@@H](CO)C(=O)N[C@@H](CO)C(=O)NCC(=O)N[C@@H](Cc1ccccc1)C(=O)N[C@@H](Cc1cnc[nH]1)C(=O)N[C@H](C(=O)NCC(=O)N[C@@H](CCCCN)C(=O)O)[C@@H](C)CC. The molecular weight excluding hydrogens is 877 g/mol. The van der Waals surface area contributed by atoms with Crippen molar-refractivity contribution >= 4 is 53.2 Å². The zero-order valence-electron chi connectivity index (χ0n) is 38.3. The zero-order valence-corrected chi connectivity index (χ0v) is 38.3. The van der Waals surface area contributed by atoms with E-state index in [1.165, 1.54) is 12.5 Å². The Morgan fingerprint density at radius 3 is 1.72 bits per heavy atom. The average molecular weight is 945 g/mol. The monoisotopic (exact) mass is 945 g/mol. The van der Waals surface area contributed by atoms with Crippen LogP contribution < -0.4 is 54.0 Å². The number of imidazole rings is 1. The number of carbonyl (C=O) groups is 9. The van der Waals surface area contributed by atoms with Gasteiger partial charge in [0.2, 0.25) is 47.3 Å². The van der Waals surface area contributed by atoms with Crippen molar-refractivity contribution in [1.29, 1.82) is 0 Å². The van der Waals surface area contributed by atoms with Crippen LogP contribution in [0.5, 0.6) is 0 Å². The molecule has 24 heteroatoms. The molecule has 0 fully saturated rings. The van der Waals surface area contributed by atoms with Gasteiger partial charge >= 0.3 is 5.97 Å². The Morgan fingerprint density at radius 2 is 1.16 bits per heavy atom. The van der Waals surface area contributed by atoms with Gasteiger partial charge in [0, 0.05) is 24.7 Å². The van der Waals surface area contributed by atoms with Gasteiger partial charge in [0.25, 0.3) is 0 Å². The lowest BCUT2D eigenvalue weighted by Gasteiger charge is -2.27. The fourth-order valence-corrected chi connectivity index (χ4v) is 6.36. The Hall–Kier alpha value is -6.50. The van der Waals surface area contributed by atoms with Crippen LogP contribution in [0.25, 0.3) is 0 Å². The molecule has 16 N–H and O–H groups in total. The molecule has 1 aromatic heterocycles. The molecule has 2 aromatic rings. The number of amides is 8. The van der Waals surface area contributed by atoms with Crippen molar-refractivity contribution in [3.05, 3.63) is 54.1 Å². The number of aliphatic hydroxyl groups excluding tert-OH is 2. The minimum absolute atomic E-state index is 0.0925. The highest BCUT2D eigenvalue weighted by atomic mass is 16.4. The van der Waals surface area contributed by atoms with E-state index in [-0.39, 0.29) is 25.2 Å². The van der Waals surface area contributed by atoms with E-state index in [9.17, 15) is 58.5 Å². The van der Waals surface area contributed by atoms with Gasteiger partial charge in [-0.3, -0.25) is 38.4 Å². The summed E-state index contributed by atoms with van der Waals surface area (Å²) in [6.45, 7) is 4.22. The molecule has 0 spiro atoms. The Kier molecular flexibility index (Phi) is 25.3. The van der Waals surface area contributed by atoms with Crippen LogP contribution in [0, 0.1) is 11.8 Å². The summed E-state index contributed by atoms with van der Waals surface area (Å²) in [5.74, 6) is -8.79. The van der Waals surface area contributed by atoms with Gasteiger partial charge in [-0.25, -0.2) is 9.78 Å². The lowest BCUT2D eigenvalue weighted by Crippen LogP contribution is -2.60. The fourth-order valence-electron chi connectivity index (χ4n) is 6.36. The molecule has 2 rings (SSSR count). The largest absolute Gasteiger partial charge is 0.480 e. The van der Waals surface area contributed by atoms with E-state index in [1.807, 2.05) is 6.92 Å². The summed E-state index contributed by atoms with van der Waals surface area (Å²) in [4.78, 5) is 124. The van der Waals surface area contributed by atoms with E-state index < -0.39 is 128 Å². The molecule has 67 heavy (non-hydrogen) atoms. The zero-order chi connectivity index (χ0) is 50.1. The van der Waals surface area contributed by atoms with Crippen LogP contribution in [0.15, 0.2) is 42.9 Å². The second-order valence-electron chi connectivity index (χ2n) is 16.1. The number of unbranched alkanes of at least 4 members (excludes halogenated alkanes) is 1. The van der Waals surface area contributed by atoms with E-state index >= 15 is 0 Å². The van der Waals surface area contributed by atoms with E-state index in [2.05, 4.69) is 52.5 Å². The summed E-state index contributed by atoms with van der Waals surface area (Å²) in [6.07, 6.45) is 4.63. The van der Waals surface area contributed by atoms with Crippen molar-refractivity contribution in [3.63, 3.8) is 0 Å². The predicted octanol–water partition coefficient (Wildman–Crippen LogP) is -4.05. The van der Waals surface area contributed by atoms with Gasteiger partial charge in [0.05, 0.1) is 38.7 Å². The molecule has 372 valence electrons. The number of carboxylic acids is 1. The standard InChI is InChI=1S/C43H68N12O12/c1-5-24(3)35(45)41(64)54-32(22-57)40(63)53-31(21-56)37(60)47-19-34(59)51-29(16-26-12-8-7-9-13-26)38(61)52-30(17-27-18-46-23-49-27)39(62)55-36(25(4)6-2)42(65)48-20-33(58)50-28(43(66)67)14-10-11-15-44/h7-9,12-13,18,23-25,28-32,35-36,56-57H,5-6,10-11,14-17,19-22,44-45H2,1-4H3,(H,46,49)(H,47,60)(H,48,65)(H,50,58)(H,51,59)(H,52,61)(H,53,63)(H,54,64)(H,55,62)(H,66,67)/t24-,25-,28-,29-,30-,31-,32-,35-,36-/m0/s1. The van der Waals surface area contributed by atoms with Crippen LogP contribution >= 0.6 is 0 Å². The van der Waals surface area contributed by atoms with Gasteiger partial charge in [0.15, 0.2) is 0 Å². The highest BCUT2D eigenvalue weighted by Crippen LogP contribution is 2.11. The molecule has 0 aliphatic heterocycles. The third kappa shape index (κ3) is 19.9. The van der Waals surface area contributed by atoms with Crippen molar-refractivity contribution in [2.45, 2.75) is 115 Å². The highest BCUT2D eigenvalue weighted by Gasteiger charge is 2.34. The number of nitrogens with two attached hydrogens (primary N) is 2. The molecule has 0 radical (unpaired) electrons. The number of aromatic amines is 1. The minimum Gasteiger partial charge on any atom is -0.480 e. The summed E-state index contributed by atoms with van der Waals surface area (Å²) >= 11 is 0. The van der Waals surface area contributed by atoms with Crippen LogP contribution in [0.3, 0.4) is 0 Å². The Morgan fingerprint density at radius 1 is 0.642 bits per heavy atom. The van der Waals surface area contributed by atoms with Crippen LogP contribution in [-0.4, -0.2) is 154 Å². The summed E-state index contributed by atoms with van der Waals surface area (Å²) in [7, 11) is 0. The fraction of sp³-hybridized carbons (Fsp3) is 0.581. The maximum absolute atomic E-state index is 14.1. The summed E-state index contributed by atoms with van der Waals surface area (Å²) < 4.78 is 0. The van der Waals surface area contributed by atoms with E-state index in [4.69, 9.17) is 11.5 Å². The van der Waals surface area contributed by atoms with Crippen LogP contribution in [-0.2, 0) is 56.0 Å². The van der Waals surface area contributed by atoms with E-state index in [0.717, 1.165) is 0 Å². The average Bonchev–Trinajstić information content (AvgIpc) is 3.84. The van der Waals surface area contributed by atoms with Crippen LogP contribution in [0.1, 0.15) is 71.1 Å². The molecule has 8 amide bonds. The number of aliphatic hydroxyl groups is 2. The number of carboxylic acid groups (broad SMARTS) is 1. The summed E-state index contributed by atoms with van der Waals surface area (Å²) in [6, 6.07) is -0.748. The van der Waals surface area contributed by atoms with Crippen molar-refractivity contribution in [1.82, 2.24) is 52.5 Å². The molecule has 0 bridgehead atoms. The Bertz CT molecular complexity index is 1920. The maximum atomic E-state index is 14.1. The van der Waals surface area contributed by atoms with Crippen LogP contribution in [0.4, 0.5) is 0 Å². The smallest absolute Gasteiger partial charge is 0.326 e. The molecule has 0 saturated carbocycles. The first-order valence-electron chi connectivity index (χ1n) is 22.2. The number of rotatable bonds is 31. The second-order valence-corrected chi connectivity index (χ2v) is 16.1. The molecule has 9 atom stereocenters. The molecular formula is C43H68N12O12. The molecule has 0 aliphatic rings. The van der Waals surface area contributed by atoms with Crippen molar-refractivity contribution < 1.29 is 58.5 Å². The van der Waals surface area contributed by atoms with E-state index in [1.54, 1.807) is 51.1 Å². The molecule has 0 aliphatic carbocycles. The molecule has 0 saturated heterocycles. The number of aliphatic carboxylic acids is 1. The first-order chi connectivity index (χ1) is 31.9. The Labute approximate surface area is 388 Å². The van der Waals surface area contributed by atoms with Crippen molar-refractivity contribution in [3.8, 4) is 0 Å². The Balaban J connectivity index is 2.23. The number of nitrogens with zero attached hydrogens (tertiary/aromatic N) is 1. The second kappa shape index (κ2) is 29.9. The third-order valence-electron chi connectivity index (χ3n) is 11.0. The van der Waals surface area contributed by atoms with Gasteiger partial charge in [-0.05, 0) is 43.2 Å². The van der Waals surface area contributed by atoms with Crippen LogP contribution in [0.2, 0.25) is 0 Å². The van der Waals surface area contributed by atoms with Gasteiger partial charge < -0.3 is 74.3 Å². The first-order valence-corrected chi connectivity index (χ1v) is 22.2. The van der Waals surface area contributed by atoms with E-state index in [0.29, 0.717) is 43.5 Å². The normalized spacial score (nSPS) is 15.0. The number of H-pyrrole nitrogens is 1. The summed E-state index contributed by atoms with van der Waals surface area (Å²) in [5, 5.41) is 48.6. The topological polar surface area (TPSA) is 391 Å². The molecule has 0 unspecified atom stereocenters. The maximum Gasteiger partial charge on any atom is 0.326 e. The highest BCUT2D eigenvalue weighted by molar-refractivity contribution is 5.97. The lowest BCUT2D eigenvalue weighted by molar-refractivity contribution is -0.142. The molecule has 1 heterocycles. The predicted molar refractivity (Wildman–Crippen MR) is 242 cm³/mol. The number of carbonyl (C=O) groups excluding carboxylic acids is 8. The number of benzene rings is 1. The third-order valence-corrected chi connectivity index (χ3v) is 11.0. The van der Waals surface area contributed by atoms with Gasteiger partial charge in [-0.15, -0.1) is 0 Å². The number of hydrogen-bond acceptors (Lipinski definition) is 14. The summed E-state index contributed by atoms with van der Waals surface area (Å²) in [5.41, 5.74) is 12.4. The number of aromatic nitrogens is 2. The number of nitrogens with one attached hydrogen (secondary N) is 9. The van der Waals surface area contributed by atoms with Crippen molar-refractivity contribution in [2.24, 2.45) is 23.3 Å². The first kappa shape index (κ1) is 56.6. The van der Waals surface area contributed by atoms with Gasteiger partial charge in [-0.1, -0.05) is 70.9 Å². The lowest BCUT2D eigenvalue weighted by atomic mass is 9.97. The molecule has 1 aromatic carbocycles. The quantitative estimate of drug-likeness (QED) is 0.0320. The molecule has 24 nitrogen and oxygen atoms in total.